The van der Waals surface area contributed by atoms with Crippen LogP contribution >= 0.6 is 0 Å². The summed E-state index contributed by atoms with van der Waals surface area (Å²) in [5.74, 6) is 0. The molecule has 2 nitrogen and oxygen atoms in total. The van der Waals surface area contributed by atoms with E-state index in [0.717, 1.165) is 0 Å². The van der Waals surface area contributed by atoms with E-state index >= 15 is 0 Å². The van der Waals surface area contributed by atoms with E-state index in [9.17, 15) is 0 Å². The van der Waals surface area contributed by atoms with Gasteiger partial charge in [0.05, 0.1) is 0 Å². The van der Waals surface area contributed by atoms with Gasteiger partial charge in [-0.15, -0.1) is 0 Å². The molecule has 1 aliphatic rings. The van der Waals surface area contributed by atoms with E-state index in [1.807, 2.05) is 0 Å². The van der Waals surface area contributed by atoms with Gasteiger partial charge in [-0.05, 0) is 44.7 Å². The Kier molecular flexibility index (Phi) is 4.31. The number of hydrogen-bond donors (Lipinski definition) is 1. The average Bonchev–Trinajstić information content (AvgIpc) is 2.49. The second-order valence-corrected chi connectivity index (χ2v) is 7.57. The lowest BCUT2D eigenvalue weighted by molar-refractivity contribution is 0.0770. The lowest BCUT2D eigenvalue weighted by Crippen LogP contribution is -2.54. The van der Waals surface area contributed by atoms with E-state index in [-0.39, 0.29) is 0 Å². The molecule has 0 amide bonds. The van der Waals surface area contributed by atoms with Gasteiger partial charge in [-0.3, -0.25) is 4.90 Å². The molecule has 0 aromatic carbocycles. The minimum absolute atomic E-state index is 0.347. The summed E-state index contributed by atoms with van der Waals surface area (Å²) in [5.41, 5.74) is 0.769. The van der Waals surface area contributed by atoms with Crippen molar-refractivity contribution in [1.29, 1.82) is 0 Å². The van der Waals surface area contributed by atoms with E-state index in [0.29, 0.717) is 29.0 Å². The predicted molar refractivity (Wildman–Crippen MR) is 76.3 cm³/mol. The van der Waals surface area contributed by atoms with Crippen LogP contribution in [0, 0.1) is 10.8 Å². The first kappa shape index (κ1) is 15.0. The van der Waals surface area contributed by atoms with Crippen LogP contribution in [-0.4, -0.2) is 37.1 Å². The molecular weight excluding hydrogens is 208 g/mol. The van der Waals surface area contributed by atoms with Crippen molar-refractivity contribution in [2.75, 3.05) is 14.1 Å². The third-order valence-corrected chi connectivity index (χ3v) is 5.01. The summed E-state index contributed by atoms with van der Waals surface area (Å²) in [6, 6.07) is 1.89. The van der Waals surface area contributed by atoms with Crippen molar-refractivity contribution in [2.45, 2.75) is 72.5 Å². The van der Waals surface area contributed by atoms with Gasteiger partial charge >= 0.3 is 0 Å². The summed E-state index contributed by atoms with van der Waals surface area (Å²) < 4.78 is 0. The van der Waals surface area contributed by atoms with Gasteiger partial charge in [0, 0.05) is 18.1 Å². The predicted octanol–water partition coefficient (Wildman–Crippen LogP) is 3.13. The molecule has 0 radical (unpaired) electrons. The molecular formula is C15H32N2. The lowest BCUT2D eigenvalue weighted by atomic mass is 9.84. The molecule has 0 bridgehead atoms. The first-order valence-electron chi connectivity index (χ1n) is 7.00. The van der Waals surface area contributed by atoms with E-state index in [1.165, 1.54) is 12.8 Å². The van der Waals surface area contributed by atoms with Crippen molar-refractivity contribution >= 4 is 0 Å². The fourth-order valence-corrected chi connectivity index (χ4v) is 3.28. The highest BCUT2D eigenvalue weighted by atomic mass is 15.2. The molecule has 0 spiro atoms. The Balaban J connectivity index is 2.80. The van der Waals surface area contributed by atoms with Crippen LogP contribution in [0.4, 0.5) is 0 Å². The Morgan fingerprint density at radius 3 is 2.24 bits per heavy atom. The zero-order valence-electron chi connectivity index (χ0n) is 13.1. The summed E-state index contributed by atoms with van der Waals surface area (Å²) in [4.78, 5) is 2.59. The maximum atomic E-state index is 3.55. The molecule has 1 fully saturated rings. The summed E-state index contributed by atoms with van der Waals surface area (Å²) in [6.07, 6.45) is 2.64. The number of nitrogens with one attached hydrogen (secondary N) is 1. The third-order valence-electron chi connectivity index (χ3n) is 5.01. The normalized spacial score (nSPS) is 30.9. The number of nitrogens with zero attached hydrogens (tertiary/aromatic N) is 1. The highest BCUT2D eigenvalue weighted by Gasteiger charge is 2.44. The van der Waals surface area contributed by atoms with Gasteiger partial charge in [0.15, 0.2) is 0 Å². The topological polar surface area (TPSA) is 15.3 Å². The molecule has 3 unspecified atom stereocenters. The SMILES string of the molecule is CNC1C(N(C)C(C)C(C)(C)C)CCC1(C)C. The minimum atomic E-state index is 0.347. The van der Waals surface area contributed by atoms with Crippen LogP contribution in [0.15, 0.2) is 0 Å². The Morgan fingerprint density at radius 1 is 1.29 bits per heavy atom. The Bertz CT molecular complexity index is 252. The zero-order valence-corrected chi connectivity index (χ0v) is 13.1. The van der Waals surface area contributed by atoms with Crippen LogP contribution in [0.3, 0.4) is 0 Å². The molecule has 0 aliphatic heterocycles. The summed E-state index contributed by atoms with van der Waals surface area (Å²) in [5, 5.41) is 3.55. The van der Waals surface area contributed by atoms with Crippen LogP contribution in [0.1, 0.15) is 54.4 Å². The fraction of sp³-hybridized carbons (Fsp3) is 1.00. The first-order chi connectivity index (χ1) is 7.61. The van der Waals surface area contributed by atoms with Crippen LogP contribution in [-0.2, 0) is 0 Å². The van der Waals surface area contributed by atoms with Gasteiger partial charge in [-0.2, -0.15) is 0 Å². The van der Waals surface area contributed by atoms with Crippen LogP contribution in [0.5, 0.6) is 0 Å². The average molecular weight is 240 g/mol. The molecule has 1 saturated carbocycles. The largest absolute Gasteiger partial charge is 0.315 e. The van der Waals surface area contributed by atoms with Crippen LogP contribution < -0.4 is 5.32 Å². The molecule has 0 heterocycles. The molecule has 17 heavy (non-hydrogen) atoms. The number of likely N-dealkylation sites (N-methyl/N-ethyl adjacent to an activating group) is 2. The maximum absolute atomic E-state index is 3.55. The molecule has 2 heteroatoms. The van der Waals surface area contributed by atoms with Gasteiger partial charge in [0.2, 0.25) is 0 Å². The van der Waals surface area contributed by atoms with Crippen LogP contribution in [0.25, 0.3) is 0 Å². The Hall–Kier alpha value is -0.0800. The van der Waals surface area contributed by atoms with Gasteiger partial charge in [-0.1, -0.05) is 34.6 Å². The zero-order chi connectivity index (χ0) is 13.4. The van der Waals surface area contributed by atoms with Gasteiger partial charge in [-0.25, -0.2) is 0 Å². The smallest absolute Gasteiger partial charge is 0.0271 e. The highest BCUT2D eigenvalue weighted by molar-refractivity contribution is 5.01. The Labute approximate surface area is 108 Å². The molecule has 3 atom stereocenters. The number of hydrogen-bond acceptors (Lipinski definition) is 2. The molecule has 102 valence electrons. The second-order valence-electron chi connectivity index (χ2n) is 7.57. The van der Waals surface area contributed by atoms with Crippen molar-refractivity contribution in [3.05, 3.63) is 0 Å². The van der Waals surface area contributed by atoms with E-state index in [1.54, 1.807) is 0 Å². The Morgan fingerprint density at radius 2 is 1.82 bits per heavy atom. The molecule has 0 aromatic rings. The highest BCUT2D eigenvalue weighted by Crippen LogP contribution is 2.41. The second kappa shape index (κ2) is 4.89. The van der Waals surface area contributed by atoms with Crippen LogP contribution in [0.2, 0.25) is 0 Å². The number of rotatable bonds is 3. The quantitative estimate of drug-likeness (QED) is 0.815. The van der Waals surface area contributed by atoms with Crippen molar-refractivity contribution in [3.8, 4) is 0 Å². The molecule has 1 rings (SSSR count). The first-order valence-corrected chi connectivity index (χ1v) is 7.00. The molecule has 0 aromatic heterocycles. The molecule has 1 N–H and O–H groups in total. The molecule has 0 saturated heterocycles. The minimum Gasteiger partial charge on any atom is -0.315 e. The van der Waals surface area contributed by atoms with Crippen molar-refractivity contribution in [2.24, 2.45) is 10.8 Å². The van der Waals surface area contributed by atoms with Gasteiger partial charge in [0.1, 0.15) is 0 Å². The lowest BCUT2D eigenvalue weighted by Gasteiger charge is -2.42. The van der Waals surface area contributed by atoms with Crippen molar-refractivity contribution in [3.63, 3.8) is 0 Å². The molecule has 1 aliphatic carbocycles. The van der Waals surface area contributed by atoms with Gasteiger partial charge in [0.25, 0.3) is 0 Å². The maximum Gasteiger partial charge on any atom is 0.0271 e. The van der Waals surface area contributed by atoms with Crippen molar-refractivity contribution in [1.82, 2.24) is 10.2 Å². The summed E-state index contributed by atoms with van der Waals surface area (Å²) in [7, 11) is 4.41. The monoisotopic (exact) mass is 240 g/mol. The van der Waals surface area contributed by atoms with E-state index in [4.69, 9.17) is 0 Å². The van der Waals surface area contributed by atoms with Crippen molar-refractivity contribution < 1.29 is 0 Å². The van der Waals surface area contributed by atoms with Gasteiger partial charge < -0.3 is 5.32 Å². The van der Waals surface area contributed by atoms with E-state index < -0.39 is 0 Å². The summed E-state index contributed by atoms with van der Waals surface area (Å²) >= 11 is 0. The van der Waals surface area contributed by atoms with E-state index in [2.05, 4.69) is 65.9 Å². The summed E-state index contributed by atoms with van der Waals surface area (Å²) in [6.45, 7) is 14.2. The fourth-order valence-electron chi connectivity index (χ4n) is 3.28. The third kappa shape index (κ3) is 3.03. The standard InChI is InChI=1S/C15H32N2/c1-11(14(2,3)4)17(8)12-9-10-15(5,6)13(12)16-7/h11-13,16H,9-10H2,1-8H3.